The molecule has 5 rings (SSSR count). The zero-order valence-electron chi connectivity index (χ0n) is 13.5. The Hall–Kier alpha value is -2.74. The molecule has 3 aromatic heterocycles. The number of carbonyl (C=O) groups is 1. The molecule has 2 aliphatic heterocycles. The zero-order chi connectivity index (χ0) is 16.8. The van der Waals surface area contributed by atoms with Crippen LogP contribution in [0.25, 0.3) is 5.69 Å². The van der Waals surface area contributed by atoms with Gasteiger partial charge >= 0.3 is 0 Å². The fraction of sp³-hybridized carbons (Fsp3) is 0.294. The van der Waals surface area contributed by atoms with Gasteiger partial charge in [-0.25, -0.2) is 14.6 Å². The Morgan fingerprint density at radius 2 is 2.00 bits per heavy atom. The van der Waals surface area contributed by atoms with E-state index in [-0.39, 0.29) is 5.91 Å². The van der Waals surface area contributed by atoms with Crippen molar-refractivity contribution in [1.82, 2.24) is 19.7 Å². The molecule has 0 N–H and O–H groups in total. The number of hydrogen-bond donors (Lipinski definition) is 0. The van der Waals surface area contributed by atoms with Gasteiger partial charge in [-0.3, -0.25) is 9.69 Å². The highest BCUT2D eigenvalue weighted by Gasteiger charge is 2.33. The lowest BCUT2D eigenvalue weighted by Crippen LogP contribution is -2.23. The van der Waals surface area contributed by atoms with Crippen LogP contribution in [0.1, 0.15) is 28.9 Å². The van der Waals surface area contributed by atoms with Gasteiger partial charge in [0.15, 0.2) is 5.13 Å². The average Bonchev–Trinajstić information content (AvgIpc) is 3.42. The lowest BCUT2D eigenvalue weighted by Gasteiger charge is -2.16. The molecule has 1 saturated heterocycles. The molecule has 25 heavy (non-hydrogen) atoms. The minimum atomic E-state index is -0.0437. The number of rotatable bonds is 3. The minimum Gasteiger partial charge on any atom is -0.357 e. The molecule has 1 fully saturated rings. The van der Waals surface area contributed by atoms with E-state index in [4.69, 9.17) is 0 Å². The van der Waals surface area contributed by atoms with Crippen LogP contribution in [0.5, 0.6) is 0 Å². The van der Waals surface area contributed by atoms with Gasteiger partial charge in [0.2, 0.25) is 0 Å². The number of amides is 1. The van der Waals surface area contributed by atoms with Gasteiger partial charge in [-0.05, 0) is 25.0 Å². The number of aromatic nitrogens is 4. The van der Waals surface area contributed by atoms with Crippen molar-refractivity contribution < 1.29 is 4.79 Å². The van der Waals surface area contributed by atoms with Crippen LogP contribution in [0.3, 0.4) is 0 Å². The monoisotopic (exact) mass is 352 g/mol. The van der Waals surface area contributed by atoms with E-state index in [1.165, 1.54) is 24.2 Å². The fourth-order valence-corrected chi connectivity index (χ4v) is 3.99. The summed E-state index contributed by atoms with van der Waals surface area (Å²) in [6, 6.07) is 4.03. The van der Waals surface area contributed by atoms with Gasteiger partial charge in [-0.2, -0.15) is 5.10 Å². The van der Waals surface area contributed by atoms with E-state index in [0.717, 1.165) is 30.3 Å². The predicted molar refractivity (Wildman–Crippen MR) is 95.4 cm³/mol. The first-order valence-electron chi connectivity index (χ1n) is 8.31. The van der Waals surface area contributed by atoms with Crippen molar-refractivity contribution in [3.8, 4) is 5.69 Å². The normalized spacial score (nSPS) is 16.7. The van der Waals surface area contributed by atoms with E-state index in [9.17, 15) is 4.79 Å². The zero-order valence-corrected chi connectivity index (χ0v) is 14.3. The Morgan fingerprint density at radius 1 is 1.12 bits per heavy atom. The summed E-state index contributed by atoms with van der Waals surface area (Å²) in [7, 11) is 0. The van der Waals surface area contributed by atoms with Crippen molar-refractivity contribution in [1.29, 1.82) is 0 Å². The van der Waals surface area contributed by atoms with Crippen LogP contribution < -0.4 is 9.80 Å². The summed E-state index contributed by atoms with van der Waals surface area (Å²) in [6.45, 7) is 2.61. The lowest BCUT2D eigenvalue weighted by molar-refractivity contribution is 0.0996. The molecule has 3 aromatic rings. The Labute approximate surface area is 148 Å². The summed E-state index contributed by atoms with van der Waals surface area (Å²) in [6.07, 6.45) is 7.77. The summed E-state index contributed by atoms with van der Waals surface area (Å²) in [5.74, 6) is 0.963. The van der Waals surface area contributed by atoms with Gasteiger partial charge in [0, 0.05) is 30.9 Å². The molecule has 2 aliphatic rings. The molecule has 0 spiro atoms. The topological polar surface area (TPSA) is 67.2 Å². The Kier molecular flexibility index (Phi) is 3.30. The maximum Gasteiger partial charge on any atom is 0.264 e. The van der Waals surface area contributed by atoms with E-state index in [0.29, 0.717) is 17.2 Å². The van der Waals surface area contributed by atoms with Gasteiger partial charge < -0.3 is 4.90 Å². The third-order valence-corrected chi connectivity index (χ3v) is 5.45. The summed E-state index contributed by atoms with van der Waals surface area (Å²) in [4.78, 5) is 25.3. The van der Waals surface area contributed by atoms with Crippen molar-refractivity contribution in [2.75, 3.05) is 22.9 Å². The van der Waals surface area contributed by atoms with Crippen LogP contribution in [-0.4, -0.2) is 38.7 Å². The number of nitrogens with zero attached hydrogens (tertiary/aromatic N) is 6. The van der Waals surface area contributed by atoms with E-state index in [1.807, 2.05) is 23.7 Å². The fourth-order valence-electron chi connectivity index (χ4n) is 3.36. The Bertz CT molecular complexity index is 911. The second-order valence-corrected chi connectivity index (χ2v) is 7.08. The molecule has 7 nitrogen and oxygen atoms in total. The highest BCUT2D eigenvalue weighted by Crippen LogP contribution is 2.29. The van der Waals surface area contributed by atoms with Crippen molar-refractivity contribution in [3.63, 3.8) is 0 Å². The van der Waals surface area contributed by atoms with Crippen molar-refractivity contribution >= 4 is 28.2 Å². The Morgan fingerprint density at radius 3 is 2.68 bits per heavy atom. The van der Waals surface area contributed by atoms with Crippen LogP contribution in [0.15, 0.2) is 36.1 Å². The minimum absolute atomic E-state index is 0.0437. The maximum absolute atomic E-state index is 12.6. The van der Waals surface area contributed by atoms with Crippen LogP contribution in [0.4, 0.5) is 10.9 Å². The van der Waals surface area contributed by atoms with E-state index in [1.54, 1.807) is 22.0 Å². The molecule has 0 saturated carbocycles. The largest absolute Gasteiger partial charge is 0.357 e. The molecule has 8 heteroatoms. The molecular weight excluding hydrogens is 336 g/mol. The number of fused-ring (bicyclic) bond motifs is 1. The van der Waals surface area contributed by atoms with Gasteiger partial charge in [0.05, 0.1) is 29.7 Å². The molecule has 0 bridgehead atoms. The number of thiazole rings is 1. The van der Waals surface area contributed by atoms with Crippen molar-refractivity contribution in [2.45, 2.75) is 19.4 Å². The highest BCUT2D eigenvalue weighted by atomic mass is 32.1. The van der Waals surface area contributed by atoms with Crippen LogP contribution in [0, 0.1) is 0 Å². The molecule has 1 amide bonds. The van der Waals surface area contributed by atoms with Crippen LogP contribution in [0.2, 0.25) is 0 Å². The molecule has 0 atom stereocenters. The summed E-state index contributed by atoms with van der Waals surface area (Å²) in [5.41, 5.74) is 2.29. The van der Waals surface area contributed by atoms with Gasteiger partial charge in [-0.1, -0.05) is 0 Å². The standard InChI is InChI=1S/C17H16N6OS/c24-16-13-10-23(20-14(13)11-22(16)17-18-5-8-25-17)12-3-4-15(19-9-12)21-6-1-2-7-21/h3-5,8-10H,1-2,6-7,11H2. The smallest absolute Gasteiger partial charge is 0.264 e. The van der Waals surface area contributed by atoms with Crippen molar-refractivity contribution in [2.24, 2.45) is 0 Å². The molecule has 126 valence electrons. The van der Waals surface area contributed by atoms with Crippen molar-refractivity contribution in [3.05, 3.63) is 47.4 Å². The third-order valence-electron chi connectivity index (χ3n) is 4.65. The molecule has 0 unspecified atom stereocenters. The molecule has 5 heterocycles. The molecule has 0 aliphatic carbocycles. The second kappa shape index (κ2) is 5.66. The first-order chi connectivity index (χ1) is 12.3. The average molecular weight is 352 g/mol. The number of hydrogen-bond acceptors (Lipinski definition) is 6. The van der Waals surface area contributed by atoms with Crippen LogP contribution >= 0.6 is 11.3 Å². The number of carbonyl (C=O) groups excluding carboxylic acids is 1. The summed E-state index contributed by atoms with van der Waals surface area (Å²) < 4.78 is 1.74. The maximum atomic E-state index is 12.6. The third kappa shape index (κ3) is 2.41. The first-order valence-corrected chi connectivity index (χ1v) is 9.19. The molecule has 0 aromatic carbocycles. The predicted octanol–water partition coefficient (Wildman–Crippen LogP) is 2.48. The van der Waals surface area contributed by atoms with Gasteiger partial charge in [-0.15, -0.1) is 11.3 Å². The number of anilines is 2. The van der Waals surface area contributed by atoms with Gasteiger partial charge in [0.25, 0.3) is 5.91 Å². The molecular formula is C17H16N6OS. The van der Waals surface area contributed by atoms with E-state index >= 15 is 0 Å². The SMILES string of the molecule is O=C1c2cn(-c3ccc(N4CCCC4)nc3)nc2CN1c1nccs1. The van der Waals surface area contributed by atoms with Gasteiger partial charge in [0.1, 0.15) is 5.82 Å². The summed E-state index contributed by atoms with van der Waals surface area (Å²) in [5, 5.41) is 7.16. The van der Waals surface area contributed by atoms with E-state index < -0.39 is 0 Å². The second-order valence-electron chi connectivity index (χ2n) is 6.21. The first kappa shape index (κ1) is 14.6. The number of pyridine rings is 1. The summed E-state index contributed by atoms with van der Waals surface area (Å²) >= 11 is 1.46. The quantitative estimate of drug-likeness (QED) is 0.724. The molecule has 0 radical (unpaired) electrons. The van der Waals surface area contributed by atoms with Crippen LogP contribution in [-0.2, 0) is 6.54 Å². The highest BCUT2D eigenvalue weighted by molar-refractivity contribution is 7.13. The van der Waals surface area contributed by atoms with E-state index in [2.05, 4.69) is 20.0 Å². The lowest BCUT2D eigenvalue weighted by atomic mass is 10.3. The Balaban J connectivity index is 1.40.